The Morgan fingerprint density at radius 2 is 1.90 bits per heavy atom. The zero-order chi connectivity index (χ0) is 20.8. The molecule has 7 nitrogen and oxygen atoms in total. The predicted octanol–water partition coefficient (Wildman–Crippen LogP) is 3.65. The van der Waals surface area contributed by atoms with Crippen LogP contribution < -0.4 is 20.1 Å². The van der Waals surface area contributed by atoms with Crippen molar-refractivity contribution in [2.45, 2.75) is 12.5 Å². The zero-order valence-electron chi connectivity index (χ0n) is 17.0. The summed E-state index contributed by atoms with van der Waals surface area (Å²) in [4.78, 5) is 8.68. The summed E-state index contributed by atoms with van der Waals surface area (Å²) < 4.78 is 30.2. The van der Waals surface area contributed by atoms with Crippen LogP contribution in [0.5, 0.6) is 11.5 Å². The summed E-state index contributed by atoms with van der Waals surface area (Å²) in [7, 11) is 1.71. The normalized spacial score (nSPS) is 15.2. The van der Waals surface area contributed by atoms with Crippen molar-refractivity contribution in [3.8, 4) is 23.0 Å². The van der Waals surface area contributed by atoms with Crippen molar-refractivity contribution in [1.82, 2.24) is 15.6 Å². The molecule has 1 unspecified atom stereocenters. The highest BCUT2D eigenvalue weighted by Gasteiger charge is 2.20. The summed E-state index contributed by atoms with van der Waals surface area (Å²) in [5.41, 5.74) is 1.54. The molecule has 4 rings (SSSR count). The minimum atomic E-state index is -0.289. The van der Waals surface area contributed by atoms with Crippen LogP contribution in [0.2, 0.25) is 0 Å². The molecule has 0 saturated heterocycles. The Kier molecular flexibility index (Phi) is 8.10. The first kappa shape index (κ1) is 22.9. The molecule has 3 aromatic rings. The van der Waals surface area contributed by atoms with E-state index in [0.717, 1.165) is 22.8 Å². The van der Waals surface area contributed by atoms with Crippen molar-refractivity contribution in [1.29, 1.82) is 0 Å². The number of hydrogen-bond acceptors (Lipinski definition) is 5. The SMILES string of the molecule is CN=C(NCCc1coc(-c2ccc(F)cc2)n1)NCC1COc2ccccc2O1.I. The number of rotatable bonds is 6. The fraction of sp³-hybridized carbons (Fsp3) is 0.273. The molecule has 9 heteroatoms. The second-order valence-corrected chi connectivity index (χ2v) is 6.78. The van der Waals surface area contributed by atoms with Crippen LogP contribution in [0.3, 0.4) is 0 Å². The standard InChI is InChI=1S/C22H23FN4O3.HI/c1-24-22(26-12-18-14-28-19-4-2-3-5-20(19)30-18)25-11-10-17-13-29-21(27-17)15-6-8-16(23)9-7-15;/h2-9,13,18H,10-12,14H2,1H3,(H2,24,25,26);1H. The first-order valence-corrected chi connectivity index (χ1v) is 9.74. The van der Waals surface area contributed by atoms with Gasteiger partial charge in [0.05, 0.1) is 12.2 Å². The number of fused-ring (bicyclic) bond motifs is 1. The molecule has 1 aliphatic rings. The number of hydrogen-bond donors (Lipinski definition) is 2. The number of oxazole rings is 1. The lowest BCUT2D eigenvalue weighted by Crippen LogP contribution is -2.45. The third-order valence-corrected chi connectivity index (χ3v) is 4.60. The number of guanidine groups is 1. The highest BCUT2D eigenvalue weighted by atomic mass is 127. The molecule has 0 radical (unpaired) electrons. The highest BCUT2D eigenvalue weighted by Crippen LogP contribution is 2.30. The molecule has 0 aliphatic carbocycles. The lowest BCUT2D eigenvalue weighted by molar-refractivity contribution is 0.0936. The van der Waals surface area contributed by atoms with E-state index in [1.165, 1.54) is 12.1 Å². The third-order valence-electron chi connectivity index (χ3n) is 4.60. The zero-order valence-corrected chi connectivity index (χ0v) is 19.3. The summed E-state index contributed by atoms with van der Waals surface area (Å²) in [5, 5.41) is 6.49. The molecule has 0 saturated carbocycles. The van der Waals surface area contributed by atoms with E-state index in [1.807, 2.05) is 24.3 Å². The first-order chi connectivity index (χ1) is 14.7. The minimum absolute atomic E-state index is 0. The van der Waals surface area contributed by atoms with E-state index in [9.17, 15) is 4.39 Å². The van der Waals surface area contributed by atoms with Crippen LogP contribution in [0.1, 0.15) is 5.69 Å². The largest absolute Gasteiger partial charge is 0.486 e. The van der Waals surface area contributed by atoms with Crippen LogP contribution in [0.15, 0.2) is 64.2 Å². The van der Waals surface area contributed by atoms with E-state index in [1.54, 1.807) is 25.4 Å². The molecule has 0 spiro atoms. The predicted molar refractivity (Wildman–Crippen MR) is 127 cm³/mol. The molecule has 2 heterocycles. The molecule has 2 aromatic carbocycles. The number of ether oxygens (including phenoxy) is 2. The summed E-state index contributed by atoms with van der Waals surface area (Å²) in [5.74, 6) is 2.37. The molecule has 164 valence electrons. The molecule has 0 fully saturated rings. The molecule has 2 N–H and O–H groups in total. The van der Waals surface area contributed by atoms with Crippen LogP contribution in [0.4, 0.5) is 4.39 Å². The maximum Gasteiger partial charge on any atom is 0.226 e. The van der Waals surface area contributed by atoms with Crippen LogP contribution in [-0.2, 0) is 6.42 Å². The fourth-order valence-corrected chi connectivity index (χ4v) is 3.05. The number of nitrogens with zero attached hydrogens (tertiary/aromatic N) is 2. The molecule has 31 heavy (non-hydrogen) atoms. The van der Waals surface area contributed by atoms with Crippen molar-refractivity contribution in [3.05, 3.63) is 66.3 Å². The molecule has 1 aliphatic heterocycles. The lowest BCUT2D eigenvalue weighted by Gasteiger charge is -2.27. The smallest absolute Gasteiger partial charge is 0.226 e. The fourth-order valence-electron chi connectivity index (χ4n) is 3.05. The molecule has 0 amide bonds. The van der Waals surface area contributed by atoms with Crippen LogP contribution in [0, 0.1) is 5.82 Å². The quantitative estimate of drug-likeness (QED) is 0.284. The van der Waals surface area contributed by atoms with Gasteiger partial charge in [0.25, 0.3) is 0 Å². The van der Waals surface area contributed by atoms with Gasteiger partial charge in [0, 0.05) is 25.6 Å². The Hall–Kier alpha value is -2.82. The third kappa shape index (κ3) is 6.09. The molecule has 1 atom stereocenters. The number of aromatic nitrogens is 1. The van der Waals surface area contributed by atoms with Crippen molar-refractivity contribution >= 4 is 29.9 Å². The molecular formula is C22H24FIN4O3. The van der Waals surface area contributed by atoms with E-state index in [-0.39, 0.29) is 35.9 Å². The lowest BCUT2D eigenvalue weighted by atomic mass is 10.2. The topological polar surface area (TPSA) is 80.9 Å². The number of halogens is 2. The van der Waals surface area contributed by atoms with E-state index in [2.05, 4.69) is 20.6 Å². The van der Waals surface area contributed by atoms with Gasteiger partial charge in [0.15, 0.2) is 17.5 Å². The van der Waals surface area contributed by atoms with E-state index in [0.29, 0.717) is 38.0 Å². The van der Waals surface area contributed by atoms with Crippen LogP contribution >= 0.6 is 24.0 Å². The van der Waals surface area contributed by atoms with E-state index < -0.39 is 0 Å². The van der Waals surface area contributed by atoms with Gasteiger partial charge in [-0.1, -0.05) is 12.1 Å². The molecule has 1 aromatic heterocycles. The summed E-state index contributed by atoms with van der Waals surface area (Å²) in [6.07, 6.45) is 2.16. The van der Waals surface area contributed by atoms with Crippen molar-refractivity contribution in [3.63, 3.8) is 0 Å². The first-order valence-electron chi connectivity index (χ1n) is 9.74. The maximum atomic E-state index is 13.0. The average Bonchev–Trinajstić information content (AvgIpc) is 3.25. The van der Waals surface area contributed by atoms with Crippen LogP contribution in [-0.4, -0.2) is 43.8 Å². The van der Waals surface area contributed by atoms with Gasteiger partial charge in [0.2, 0.25) is 5.89 Å². The Morgan fingerprint density at radius 1 is 1.13 bits per heavy atom. The van der Waals surface area contributed by atoms with Gasteiger partial charge in [-0.25, -0.2) is 9.37 Å². The number of benzene rings is 2. The summed E-state index contributed by atoms with van der Waals surface area (Å²) >= 11 is 0. The van der Waals surface area contributed by atoms with Crippen molar-refractivity contribution in [2.75, 3.05) is 26.7 Å². The Balaban J connectivity index is 0.00000272. The van der Waals surface area contributed by atoms with Crippen molar-refractivity contribution in [2.24, 2.45) is 4.99 Å². The van der Waals surface area contributed by atoms with Gasteiger partial charge in [-0.15, -0.1) is 24.0 Å². The molecule has 0 bridgehead atoms. The number of para-hydroxylation sites is 2. The minimum Gasteiger partial charge on any atom is -0.486 e. The van der Waals surface area contributed by atoms with Gasteiger partial charge in [-0.3, -0.25) is 4.99 Å². The maximum absolute atomic E-state index is 13.0. The number of aliphatic imine (C=N–C) groups is 1. The average molecular weight is 538 g/mol. The van der Waals surface area contributed by atoms with Gasteiger partial charge in [0.1, 0.15) is 24.8 Å². The van der Waals surface area contributed by atoms with Crippen LogP contribution in [0.25, 0.3) is 11.5 Å². The Labute approximate surface area is 197 Å². The van der Waals surface area contributed by atoms with Crippen molar-refractivity contribution < 1.29 is 18.3 Å². The second kappa shape index (κ2) is 11.0. The Bertz CT molecular complexity index is 1010. The summed E-state index contributed by atoms with van der Waals surface area (Å²) in [6.45, 7) is 1.67. The van der Waals surface area contributed by atoms with Gasteiger partial charge in [-0.05, 0) is 36.4 Å². The van der Waals surface area contributed by atoms with Gasteiger partial charge < -0.3 is 24.5 Å². The van der Waals surface area contributed by atoms with Gasteiger partial charge in [-0.2, -0.15) is 0 Å². The number of nitrogens with one attached hydrogen (secondary N) is 2. The van der Waals surface area contributed by atoms with Gasteiger partial charge >= 0.3 is 0 Å². The summed E-state index contributed by atoms with van der Waals surface area (Å²) in [6, 6.07) is 13.7. The second-order valence-electron chi connectivity index (χ2n) is 6.78. The monoisotopic (exact) mass is 538 g/mol. The Morgan fingerprint density at radius 3 is 2.68 bits per heavy atom. The molecular weight excluding hydrogens is 514 g/mol. The highest BCUT2D eigenvalue weighted by molar-refractivity contribution is 14.0. The van der Waals surface area contributed by atoms with E-state index >= 15 is 0 Å². The van der Waals surface area contributed by atoms with E-state index in [4.69, 9.17) is 13.9 Å².